The number of ether oxygens (including phenoxy) is 2. The van der Waals surface area contributed by atoms with Crippen LogP contribution in [0.5, 0.6) is 5.75 Å². The van der Waals surface area contributed by atoms with E-state index in [-0.39, 0.29) is 12.5 Å². The SMILES string of the molecule is COCOc1cccc(S(=O)(=O)F)c1. The van der Waals surface area contributed by atoms with E-state index < -0.39 is 15.1 Å². The zero-order valence-corrected chi connectivity index (χ0v) is 8.25. The standard InChI is InChI=1S/C8H9FO4S/c1-12-6-13-7-3-2-4-8(5-7)14(9,10)11/h2-5H,6H2,1H3. The van der Waals surface area contributed by atoms with Crippen molar-refractivity contribution < 1.29 is 21.8 Å². The molecule has 1 aromatic rings. The minimum absolute atomic E-state index is 0.0181. The van der Waals surface area contributed by atoms with Gasteiger partial charge in [-0.25, -0.2) is 0 Å². The molecule has 0 amide bonds. The van der Waals surface area contributed by atoms with Crippen molar-refractivity contribution in [2.75, 3.05) is 13.9 Å². The van der Waals surface area contributed by atoms with E-state index in [1.54, 1.807) is 0 Å². The van der Waals surface area contributed by atoms with Crippen molar-refractivity contribution in [1.82, 2.24) is 0 Å². The van der Waals surface area contributed by atoms with E-state index in [9.17, 15) is 12.3 Å². The Morgan fingerprint density at radius 3 is 2.71 bits per heavy atom. The van der Waals surface area contributed by atoms with Crippen molar-refractivity contribution in [2.45, 2.75) is 4.90 Å². The zero-order chi connectivity index (χ0) is 10.6. The molecule has 1 aromatic carbocycles. The summed E-state index contributed by atoms with van der Waals surface area (Å²) in [5.74, 6) is 0.241. The molecule has 0 unspecified atom stereocenters. The predicted molar refractivity (Wildman–Crippen MR) is 47.2 cm³/mol. The van der Waals surface area contributed by atoms with Crippen molar-refractivity contribution in [3.05, 3.63) is 24.3 Å². The Balaban J connectivity index is 2.90. The van der Waals surface area contributed by atoms with Crippen LogP contribution in [0.15, 0.2) is 29.2 Å². The smallest absolute Gasteiger partial charge is 0.332 e. The summed E-state index contributed by atoms with van der Waals surface area (Å²) >= 11 is 0. The van der Waals surface area contributed by atoms with Gasteiger partial charge in [-0.05, 0) is 12.1 Å². The van der Waals surface area contributed by atoms with E-state index in [1.807, 2.05) is 0 Å². The zero-order valence-electron chi connectivity index (χ0n) is 7.44. The largest absolute Gasteiger partial charge is 0.468 e. The summed E-state index contributed by atoms with van der Waals surface area (Å²) in [7, 11) is -3.24. The first-order valence-corrected chi connectivity index (χ1v) is 5.09. The highest BCUT2D eigenvalue weighted by Crippen LogP contribution is 2.18. The van der Waals surface area contributed by atoms with E-state index in [1.165, 1.54) is 19.2 Å². The molecule has 0 radical (unpaired) electrons. The van der Waals surface area contributed by atoms with Crippen LogP contribution < -0.4 is 4.74 Å². The Hall–Kier alpha value is -1.14. The summed E-state index contributed by atoms with van der Waals surface area (Å²) in [6.45, 7) is -0.0181. The molecule has 0 fully saturated rings. The average molecular weight is 220 g/mol. The lowest BCUT2D eigenvalue weighted by Crippen LogP contribution is -2.00. The Morgan fingerprint density at radius 1 is 1.43 bits per heavy atom. The van der Waals surface area contributed by atoms with E-state index >= 15 is 0 Å². The molecule has 6 heteroatoms. The first kappa shape index (κ1) is 10.9. The maximum atomic E-state index is 12.5. The Morgan fingerprint density at radius 2 is 2.14 bits per heavy atom. The molecule has 78 valence electrons. The molecular weight excluding hydrogens is 211 g/mol. The fraction of sp³-hybridized carbons (Fsp3) is 0.250. The molecule has 0 spiro atoms. The number of benzene rings is 1. The van der Waals surface area contributed by atoms with Crippen molar-refractivity contribution in [3.8, 4) is 5.75 Å². The van der Waals surface area contributed by atoms with Gasteiger partial charge in [0, 0.05) is 13.2 Å². The van der Waals surface area contributed by atoms with Gasteiger partial charge in [-0.1, -0.05) is 6.07 Å². The second-order valence-corrected chi connectivity index (χ2v) is 3.81. The molecule has 4 nitrogen and oxygen atoms in total. The van der Waals surface area contributed by atoms with Gasteiger partial charge in [-0.15, -0.1) is 3.89 Å². The van der Waals surface area contributed by atoms with Crippen LogP contribution in [-0.2, 0) is 15.0 Å². The molecule has 0 aliphatic heterocycles. The van der Waals surface area contributed by atoms with Crippen LogP contribution in [0.2, 0.25) is 0 Å². The molecule has 0 aliphatic carbocycles. The Kier molecular flexibility index (Phi) is 3.43. The highest BCUT2D eigenvalue weighted by atomic mass is 32.3. The summed E-state index contributed by atoms with van der Waals surface area (Å²) in [6, 6.07) is 5.13. The molecule has 1 rings (SSSR count). The third-order valence-electron chi connectivity index (χ3n) is 1.43. The van der Waals surface area contributed by atoms with Gasteiger partial charge in [0.2, 0.25) is 0 Å². The van der Waals surface area contributed by atoms with Gasteiger partial charge in [0.05, 0.1) is 0 Å². The molecular formula is C8H9FO4S. The van der Waals surface area contributed by atoms with Crippen LogP contribution in [0.1, 0.15) is 0 Å². The Labute approximate surface area is 81.5 Å². The van der Waals surface area contributed by atoms with Gasteiger partial charge < -0.3 is 9.47 Å². The van der Waals surface area contributed by atoms with Crippen molar-refractivity contribution in [1.29, 1.82) is 0 Å². The minimum atomic E-state index is -4.67. The van der Waals surface area contributed by atoms with Gasteiger partial charge >= 0.3 is 10.2 Å². The topological polar surface area (TPSA) is 52.6 Å². The second kappa shape index (κ2) is 4.39. The second-order valence-electron chi connectivity index (χ2n) is 2.46. The normalized spacial score (nSPS) is 11.3. The van der Waals surface area contributed by atoms with Gasteiger partial charge in [0.25, 0.3) is 0 Å². The van der Waals surface area contributed by atoms with Crippen molar-refractivity contribution in [2.24, 2.45) is 0 Å². The number of hydrogen-bond donors (Lipinski definition) is 0. The summed E-state index contributed by atoms with van der Waals surface area (Å²) in [4.78, 5) is -0.425. The minimum Gasteiger partial charge on any atom is -0.468 e. The summed E-state index contributed by atoms with van der Waals surface area (Å²) < 4.78 is 43.1. The number of halogens is 1. The van der Waals surface area contributed by atoms with E-state index in [4.69, 9.17) is 4.74 Å². The maximum Gasteiger partial charge on any atom is 0.332 e. The van der Waals surface area contributed by atoms with Crippen LogP contribution in [-0.4, -0.2) is 22.3 Å². The lowest BCUT2D eigenvalue weighted by Gasteiger charge is -2.04. The molecule has 0 atom stereocenters. The molecule has 14 heavy (non-hydrogen) atoms. The predicted octanol–water partition coefficient (Wildman–Crippen LogP) is 1.33. The lowest BCUT2D eigenvalue weighted by atomic mass is 10.3. The molecule has 0 N–H and O–H groups in total. The van der Waals surface area contributed by atoms with Crippen LogP contribution >= 0.6 is 0 Å². The number of hydrogen-bond acceptors (Lipinski definition) is 4. The number of methoxy groups -OCH3 is 1. The molecule has 0 saturated carbocycles. The van der Waals surface area contributed by atoms with Crippen LogP contribution in [0.3, 0.4) is 0 Å². The summed E-state index contributed by atoms with van der Waals surface area (Å²) in [5.41, 5.74) is 0. The lowest BCUT2D eigenvalue weighted by molar-refractivity contribution is 0.0509. The van der Waals surface area contributed by atoms with Crippen molar-refractivity contribution in [3.63, 3.8) is 0 Å². The molecule has 0 aliphatic rings. The third kappa shape index (κ3) is 2.97. The van der Waals surface area contributed by atoms with Crippen molar-refractivity contribution >= 4 is 10.2 Å². The van der Waals surface area contributed by atoms with Crippen LogP contribution in [0, 0.1) is 0 Å². The fourth-order valence-corrected chi connectivity index (χ4v) is 1.34. The molecule has 0 saturated heterocycles. The number of rotatable bonds is 4. The molecule has 0 aromatic heterocycles. The first-order valence-electron chi connectivity index (χ1n) is 3.70. The summed E-state index contributed by atoms with van der Waals surface area (Å²) in [5, 5.41) is 0. The summed E-state index contributed by atoms with van der Waals surface area (Å²) in [6.07, 6.45) is 0. The van der Waals surface area contributed by atoms with Crippen LogP contribution in [0.25, 0.3) is 0 Å². The van der Waals surface area contributed by atoms with Gasteiger partial charge in [0.15, 0.2) is 6.79 Å². The average Bonchev–Trinajstić information content (AvgIpc) is 2.14. The monoisotopic (exact) mass is 220 g/mol. The Bertz CT molecular complexity index is 402. The molecule has 0 bridgehead atoms. The highest BCUT2D eigenvalue weighted by Gasteiger charge is 2.11. The van der Waals surface area contributed by atoms with E-state index in [2.05, 4.69) is 4.74 Å². The van der Waals surface area contributed by atoms with Gasteiger partial charge in [-0.3, -0.25) is 0 Å². The quantitative estimate of drug-likeness (QED) is 0.567. The maximum absolute atomic E-state index is 12.5. The fourth-order valence-electron chi connectivity index (χ4n) is 0.843. The molecule has 0 heterocycles. The van der Waals surface area contributed by atoms with Gasteiger partial charge in [-0.2, -0.15) is 8.42 Å². The highest BCUT2D eigenvalue weighted by molar-refractivity contribution is 7.86. The van der Waals surface area contributed by atoms with E-state index in [0.717, 1.165) is 12.1 Å². The van der Waals surface area contributed by atoms with Gasteiger partial charge in [0.1, 0.15) is 10.6 Å². The van der Waals surface area contributed by atoms with Crippen LogP contribution in [0.4, 0.5) is 3.89 Å². The third-order valence-corrected chi connectivity index (χ3v) is 2.25. The first-order chi connectivity index (χ1) is 6.54. The van der Waals surface area contributed by atoms with E-state index in [0.29, 0.717) is 0 Å².